The molecule has 1 aliphatic carbocycles. The fraction of sp³-hybridized carbons (Fsp3) is 1.00. The predicted molar refractivity (Wildman–Crippen MR) is 88.1 cm³/mol. The van der Waals surface area contributed by atoms with E-state index in [1.165, 1.54) is 71.1 Å². The molecule has 1 heterocycles. The quantitative estimate of drug-likeness (QED) is 0.817. The summed E-state index contributed by atoms with van der Waals surface area (Å²) in [5, 5.41) is 3.72. The molecule has 1 saturated carbocycles. The number of likely N-dealkylation sites (tertiary alicyclic amines) is 1. The van der Waals surface area contributed by atoms with Crippen LogP contribution in [0.25, 0.3) is 0 Å². The summed E-state index contributed by atoms with van der Waals surface area (Å²) in [6, 6.07) is 0.621. The second kappa shape index (κ2) is 6.79. The van der Waals surface area contributed by atoms with Crippen LogP contribution < -0.4 is 5.32 Å². The number of rotatable bonds is 5. The Morgan fingerprint density at radius 3 is 2.30 bits per heavy atom. The van der Waals surface area contributed by atoms with Crippen molar-refractivity contribution in [1.29, 1.82) is 0 Å². The Labute approximate surface area is 126 Å². The molecule has 2 heteroatoms. The van der Waals surface area contributed by atoms with Crippen molar-refractivity contribution in [2.24, 2.45) is 10.8 Å². The lowest BCUT2D eigenvalue weighted by atomic mass is 9.84. The molecule has 20 heavy (non-hydrogen) atoms. The van der Waals surface area contributed by atoms with E-state index in [9.17, 15) is 0 Å². The summed E-state index contributed by atoms with van der Waals surface area (Å²) in [5.74, 6) is 0. The second-order valence-corrected chi connectivity index (χ2v) is 8.54. The van der Waals surface area contributed by atoms with E-state index in [1.807, 2.05) is 0 Å². The smallest absolute Gasteiger partial charge is 0.00501 e. The van der Waals surface area contributed by atoms with Gasteiger partial charge in [0.2, 0.25) is 0 Å². The molecule has 0 aromatic rings. The zero-order valence-electron chi connectivity index (χ0n) is 14.3. The molecule has 0 aromatic heterocycles. The Balaban J connectivity index is 1.90. The van der Waals surface area contributed by atoms with Crippen molar-refractivity contribution >= 4 is 0 Å². The molecule has 2 fully saturated rings. The number of nitrogens with zero attached hydrogens (tertiary/aromatic N) is 1. The molecule has 0 bridgehead atoms. The standard InChI is InChI=1S/C18H36N2/c1-16(2)19-14-18(9-5-6-10-18)15-20-12-7-8-17(3,4)11-13-20/h16,19H,5-15H2,1-4H3. The van der Waals surface area contributed by atoms with Crippen molar-refractivity contribution in [3.05, 3.63) is 0 Å². The van der Waals surface area contributed by atoms with Crippen LogP contribution in [0.15, 0.2) is 0 Å². The van der Waals surface area contributed by atoms with Crippen molar-refractivity contribution in [3.8, 4) is 0 Å². The van der Waals surface area contributed by atoms with Crippen LogP contribution in [0.4, 0.5) is 0 Å². The fourth-order valence-electron chi connectivity index (χ4n) is 4.05. The monoisotopic (exact) mass is 280 g/mol. The third kappa shape index (κ3) is 4.73. The van der Waals surface area contributed by atoms with Gasteiger partial charge >= 0.3 is 0 Å². The minimum Gasteiger partial charge on any atom is -0.314 e. The summed E-state index contributed by atoms with van der Waals surface area (Å²) in [6.07, 6.45) is 9.93. The molecule has 0 aromatic carbocycles. The number of hydrogen-bond donors (Lipinski definition) is 1. The van der Waals surface area contributed by atoms with Gasteiger partial charge in [-0.25, -0.2) is 0 Å². The summed E-state index contributed by atoms with van der Waals surface area (Å²) in [7, 11) is 0. The molecule has 0 unspecified atom stereocenters. The maximum Gasteiger partial charge on any atom is 0.00501 e. The first-order valence-corrected chi connectivity index (χ1v) is 8.87. The van der Waals surface area contributed by atoms with E-state index in [-0.39, 0.29) is 0 Å². The van der Waals surface area contributed by atoms with Crippen molar-refractivity contribution in [2.75, 3.05) is 26.2 Å². The molecule has 1 aliphatic heterocycles. The summed E-state index contributed by atoms with van der Waals surface area (Å²) >= 11 is 0. The first kappa shape index (κ1) is 16.3. The molecule has 2 nitrogen and oxygen atoms in total. The van der Waals surface area contributed by atoms with Crippen LogP contribution in [-0.4, -0.2) is 37.1 Å². The van der Waals surface area contributed by atoms with Gasteiger partial charge in [0.05, 0.1) is 0 Å². The van der Waals surface area contributed by atoms with E-state index < -0.39 is 0 Å². The molecule has 118 valence electrons. The van der Waals surface area contributed by atoms with Crippen molar-refractivity contribution in [2.45, 2.75) is 78.7 Å². The highest BCUT2D eigenvalue weighted by atomic mass is 15.1. The van der Waals surface area contributed by atoms with Gasteiger partial charge in [-0.1, -0.05) is 40.5 Å². The van der Waals surface area contributed by atoms with Gasteiger partial charge in [0.1, 0.15) is 0 Å². The third-order valence-electron chi connectivity index (χ3n) is 5.54. The average Bonchev–Trinajstić information content (AvgIpc) is 2.75. The highest BCUT2D eigenvalue weighted by molar-refractivity contribution is 4.91. The largest absolute Gasteiger partial charge is 0.314 e. The normalized spacial score (nSPS) is 26.9. The Morgan fingerprint density at radius 1 is 0.950 bits per heavy atom. The Morgan fingerprint density at radius 2 is 1.65 bits per heavy atom. The minimum atomic E-state index is 0.563. The molecular weight excluding hydrogens is 244 g/mol. The van der Waals surface area contributed by atoms with Gasteiger partial charge in [-0.2, -0.15) is 0 Å². The van der Waals surface area contributed by atoms with E-state index in [0.717, 1.165) is 0 Å². The van der Waals surface area contributed by atoms with E-state index in [0.29, 0.717) is 16.9 Å². The number of hydrogen-bond acceptors (Lipinski definition) is 2. The first-order chi connectivity index (χ1) is 9.41. The molecule has 2 aliphatic rings. The first-order valence-electron chi connectivity index (χ1n) is 8.87. The molecule has 2 rings (SSSR count). The lowest BCUT2D eigenvalue weighted by molar-refractivity contribution is 0.146. The van der Waals surface area contributed by atoms with Gasteiger partial charge in [-0.05, 0) is 56.0 Å². The molecule has 0 atom stereocenters. The van der Waals surface area contributed by atoms with Crippen LogP contribution in [0.1, 0.15) is 72.6 Å². The van der Waals surface area contributed by atoms with Crippen LogP contribution in [-0.2, 0) is 0 Å². The third-order valence-corrected chi connectivity index (χ3v) is 5.54. The minimum absolute atomic E-state index is 0.563. The lowest BCUT2D eigenvalue weighted by Crippen LogP contribution is -2.44. The van der Waals surface area contributed by atoms with Gasteiger partial charge in [-0.15, -0.1) is 0 Å². The average molecular weight is 280 g/mol. The highest BCUT2D eigenvalue weighted by Gasteiger charge is 2.36. The van der Waals surface area contributed by atoms with Crippen LogP contribution in [0.2, 0.25) is 0 Å². The number of nitrogens with one attached hydrogen (secondary N) is 1. The van der Waals surface area contributed by atoms with Gasteiger partial charge in [0.25, 0.3) is 0 Å². The zero-order chi connectivity index (χ0) is 14.6. The van der Waals surface area contributed by atoms with Gasteiger partial charge in [-0.3, -0.25) is 0 Å². The Hall–Kier alpha value is -0.0800. The lowest BCUT2D eigenvalue weighted by Gasteiger charge is -2.36. The highest BCUT2D eigenvalue weighted by Crippen LogP contribution is 2.39. The predicted octanol–water partition coefficient (Wildman–Crippen LogP) is 4.06. The maximum absolute atomic E-state index is 3.72. The molecular formula is C18H36N2. The topological polar surface area (TPSA) is 15.3 Å². The molecule has 0 amide bonds. The van der Waals surface area contributed by atoms with Crippen LogP contribution in [0, 0.1) is 10.8 Å². The summed E-state index contributed by atoms with van der Waals surface area (Å²) < 4.78 is 0. The van der Waals surface area contributed by atoms with E-state index in [2.05, 4.69) is 37.9 Å². The van der Waals surface area contributed by atoms with Gasteiger partial charge < -0.3 is 10.2 Å². The van der Waals surface area contributed by atoms with Crippen LogP contribution in [0.3, 0.4) is 0 Å². The second-order valence-electron chi connectivity index (χ2n) is 8.54. The van der Waals surface area contributed by atoms with Gasteiger partial charge in [0.15, 0.2) is 0 Å². The summed E-state index contributed by atoms with van der Waals surface area (Å²) in [5.41, 5.74) is 1.13. The van der Waals surface area contributed by atoms with Gasteiger partial charge in [0, 0.05) is 19.1 Å². The SMILES string of the molecule is CC(C)NCC1(CN2CCCC(C)(C)CC2)CCCC1. The molecule has 0 spiro atoms. The summed E-state index contributed by atoms with van der Waals surface area (Å²) in [4.78, 5) is 2.78. The zero-order valence-corrected chi connectivity index (χ0v) is 14.3. The summed E-state index contributed by atoms with van der Waals surface area (Å²) in [6.45, 7) is 14.6. The van der Waals surface area contributed by atoms with E-state index >= 15 is 0 Å². The van der Waals surface area contributed by atoms with Crippen LogP contribution in [0.5, 0.6) is 0 Å². The van der Waals surface area contributed by atoms with E-state index in [1.54, 1.807) is 0 Å². The Bertz CT molecular complexity index is 290. The maximum atomic E-state index is 3.72. The fourth-order valence-corrected chi connectivity index (χ4v) is 4.05. The Kier molecular flexibility index (Phi) is 5.53. The molecule has 1 saturated heterocycles. The van der Waals surface area contributed by atoms with Crippen molar-refractivity contribution in [1.82, 2.24) is 10.2 Å². The van der Waals surface area contributed by atoms with Crippen molar-refractivity contribution < 1.29 is 0 Å². The molecule has 1 N–H and O–H groups in total. The van der Waals surface area contributed by atoms with Crippen LogP contribution >= 0.6 is 0 Å². The van der Waals surface area contributed by atoms with Crippen molar-refractivity contribution in [3.63, 3.8) is 0 Å². The van der Waals surface area contributed by atoms with E-state index in [4.69, 9.17) is 0 Å². The molecule has 0 radical (unpaired) electrons.